The first kappa shape index (κ1) is 18.5. The molecule has 1 atom stereocenters. The third-order valence-corrected chi connectivity index (χ3v) is 6.48. The van der Waals surface area contributed by atoms with Crippen LogP contribution in [-0.2, 0) is 9.84 Å². The Morgan fingerprint density at radius 1 is 1.28 bits per heavy atom. The van der Waals surface area contributed by atoms with Crippen molar-refractivity contribution in [2.75, 3.05) is 31.6 Å². The fraction of sp³-hybridized carbons (Fsp3) is 0.684. The van der Waals surface area contributed by atoms with Crippen LogP contribution in [0.2, 0.25) is 0 Å². The fourth-order valence-corrected chi connectivity index (χ4v) is 4.77. The molecule has 2 heterocycles. The third-order valence-electron chi connectivity index (χ3n) is 5.56. The Bertz CT molecular complexity index is 673. The second kappa shape index (κ2) is 7.96. The van der Waals surface area contributed by atoms with E-state index in [0.717, 1.165) is 50.2 Å². The van der Waals surface area contributed by atoms with Gasteiger partial charge in [-0.05, 0) is 69.2 Å². The number of nitrogens with zero attached hydrogens (tertiary/aromatic N) is 1. The minimum Gasteiger partial charge on any atom is -0.397 e. The molecule has 25 heavy (non-hydrogen) atoms. The first-order valence-corrected chi connectivity index (χ1v) is 11.5. The molecule has 140 valence electrons. The Hall–Kier alpha value is -1.27. The zero-order chi connectivity index (χ0) is 17.9. The van der Waals surface area contributed by atoms with Crippen LogP contribution < -0.4 is 11.1 Å². The van der Waals surface area contributed by atoms with Crippen molar-refractivity contribution in [2.24, 2.45) is 11.7 Å². The van der Waals surface area contributed by atoms with Crippen LogP contribution in [0, 0.1) is 5.92 Å². The number of rotatable bonds is 5. The van der Waals surface area contributed by atoms with Gasteiger partial charge in [-0.2, -0.15) is 0 Å². The zero-order valence-electron chi connectivity index (χ0n) is 15.2. The van der Waals surface area contributed by atoms with Crippen molar-refractivity contribution >= 4 is 9.84 Å². The van der Waals surface area contributed by atoms with Gasteiger partial charge in [0.15, 0.2) is 0 Å². The van der Waals surface area contributed by atoms with Crippen LogP contribution in [0.1, 0.15) is 38.5 Å². The van der Waals surface area contributed by atoms with Gasteiger partial charge in [-0.3, -0.25) is 0 Å². The van der Waals surface area contributed by atoms with Crippen molar-refractivity contribution in [1.29, 1.82) is 0 Å². The van der Waals surface area contributed by atoms with E-state index < -0.39 is 9.84 Å². The third kappa shape index (κ3) is 4.67. The minimum atomic E-state index is -3.01. The van der Waals surface area contributed by atoms with Crippen LogP contribution in [-0.4, -0.2) is 51.0 Å². The molecule has 0 radical (unpaired) electrons. The van der Waals surface area contributed by atoms with E-state index in [1.165, 1.54) is 24.7 Å². The molecule has 1 saturated heterocycles. The highest BCUT2D eigenvalue weighted by Crippen LogP contribution is 2.35. The van der Waals surface area contributed by atoms with Crippen molar-refractivity contribution in [3.8, 4) is 0 Å². The number of hydrogen-bond acceptors (Lipinski definition) is 5. The van der Waals surface area contributed by atoms with E-state index in [1.807, 2.05) is 0 Å². The molecule has 1 aliphatic carbocycles. The highest BCUT2D eigenvalue weighted by molar-refractivity contribution is 7.90. The summed E-state index contributed by atoms with van der Waals surface area (Å²) in [6.07, 6.45) is 14.7. The van der Waals surface area contributed by atoms with Gasteiger partial charge in [-0.15, -0.1) is 0 Å². The summed E-state index contributed by atoms with van der Waals surface area (Å²) in [6, 6.07) is 0.244. The van der Waals surface area contributed by atoms with Crippen molar-refractivity contribution in [3.05, 3.63) is 35.2 Å². The van der Waals surface area contributed by atoms with Gasteiger partial charge in [-0.25, -0.2) is 8.42 Å². The van der Waals surface area contributed by atoms with Crippen LogP contribution in [0.4, 0.5) is 0 Å². The highest BCUT2D eigenvalue weighted by atomic mass is 32.2. The predicted octanol–water partition coefficient (Wildman–Crippen LogP) is 1.94. The molecule has 1 fully saturated rings. The molecule has 2 aliphatic heterocycles. The number of nitrogens with two attached hydrogens (primary N) is 1. The molecular weight excluding hydrogens is 334 g/mol. The lowest BCUT2D eigenvalue weighted by Gasteiger charge is -2.43. The first-order chi connectivity index (χ1) is 12.0. The van der Waals surface area contributed by atoms with Crippen LogP contribution in [0.5, 0.6) is 0 Å². The van der Waals surface area contributed by atoms with Crippen molar-refractivity contribution in [1.82, 2.24) is 10.2 Å². The second-order valence-corrected chi connectivity index (χ2v) is 9.80. The quantitative estimate of drug-likeness (QED) is 0.779. The number of nitrogens with one attached hydrogen (secondary N) is 1. The van der Waals surface area contributed by atoms with E-state index in [2.05, 4.69) is 28.4 Å². The minimum absolute atomic E-state index is 0.173. The molecular formula is C19H31N3O2S. The van der Waals surface area contributed by atoms with Crippen molar-refractivity contribution < 1.29 is 8.42 Å². The van der Waals surface area contributed by atoms with E-state index in [9.17, 15) is 8.42 Å². The molecule has 6 heteroatoms. The molecule has 0 amide bonds. The summed E-state index contributed by atoms with van der Waals surface area (Å²) >= 11 is 0. The van der Waals surface area contributed by atoms with E-state index >= 15 is 0 Å². The number of hydrogen-bond donors (Lipinski definition) is 2. The maximum Gasteiger partial charge on any atom is 0.149 e. The van der Waals surface area contributed by atoms with Gasteiger partial charge >= 0.3 is 0 Å². The molecule has 5 nitrogen and oxygen atoms in total. The van der Waals surface area contributed by atoms with Crippen molar-refractivity contribution in [3.63, 3.8) is 0 Å². The van der Waals surface area contributed by atoms with Gasteiger partial charge in [0, 0.05) is 12.8 Å². The standard InChI is InChI=1S/C19H31N3O2S/c1-25(23,24)14-13-22-18(15-9-11-21-12-10-15)8-7-17(20)19(22)16-5-3-2-4-6-16/h5,7-8,15,18,21H,2-4,6,9-14,20H2,1H3. The van der Waals surface area contributed by atoms with E-state index in [4.69, 9.17) is 5.73 Å². The average Bonchev–Trinajstić information content (AvgIpc) is 2.61. The van der Waals surface area contributed by atoms with Gasteiger partial charge < -0.3 is 16.0 Å². The van der Waals surface area contributed by atoms with E-state index in [1.54, 1.807) is 0 Å². The summed E-state index contributed by atoms with van der Waals surface area (Å²) in [4.78, 5) is 2.30. The largest absolute Gasteiger partial charge is 0.397 e. The Morgan fingerprint density at radius 2 is 2.04 bits per heavy atom. The lowest BCUT2D eigenvalue weighted by Crippen LogP contribution is -2.47. The fourth-order valence-electron chi connectivity index (χ4n) is 4.25. The molecule has 0 aromatic rings. The Morgan fingerprint density at radius 3 is 2.68 bits per heavy atom. The van der Waals surface area contributed by atoms with Crippen LogP contribution in [0.25, 0.3) is 0 Å². The smallest absolute Gasteiger partial charge is 0.149 e. The van der Waals surface area contributed by atoms with Gasteiger partial charge in [0.25, 0.3) is 0 Å². The predicted molar refractivity (Wildman–Crippen MR) is 103 cm³/mol. The number of piperidine rings is 1. The summed E-state index contributed by atoms with van der Waals surface area (Å²) in [5, 5.41) is 3.42. The summed E-state index contributed by atoms with van der Waals surface area (Å²) in [7, 11) is -3.01. The van der Waals surface area contributed by atoms with Crippen LogP contribution in [0.3, 0.4) is 0 Å². The summed E-state index contributed by atoms with van der Waals surface area (Å²) in [6.45, 7) is 2.59. The van der Waals surface area contributed by atoms with Crippen LogP contribution >= 0.6 is 0 Å². The summed E-state index contributed by atoms with van der Waals surface area (Å²) < 4.78 is 23.6. The molecule has 3 rings (SSSR count). The average molecular weight is 366 g/mol. The Balaban J connectivity index is 1.90. The first-order valence-electron chi connectivity index (χ1n) is 9.48. The molecule has 0 bridgehead atoms. The molecule has 1 unspecified atom stereocenters. The molecule has 3 N–H and O–H groups in total. The number of allylic oxidation sites excluding steroid dienone is 3. The molecule has 3 aliphatic rings. The van der Waals surface area contributed by atoms with E-state index in [0.29, 0.717) is 12.5 Å². The monoisotopic (exact) mass is 365 g/mol. The molecule has 0 aromatic heterocycles. The lowest BCUT2D eigenvalue weighted by molar-refractivity contribution is 0.196. The molecule has 0 aromatic carbocycles. The summed E-state index contributed by atoms with van der Waals surface area (Å²) in [5.74, 6) is 0.719. The highest BCUT2D eigenvalue weighted by Gasteiger charge is 2.33. The zero-order valence-corrected chi connectivity index (χ0v) is 16.0. The number of sulfone groups is 1. The Kier molecular flexibility index (Phi) is 5.89. The van der Waals surface area contributed by atoms with Gasteiger partial charge in [-0.1, -0.05) is 12.2 Å². The van der Waals surface area contributed by atoms with Gasteiger partial charge in [0.1, 0.15) is 9.84 Å². The Labute approximate surface area is 151 Å². The SMILES string of the molecule is CS(=O)(=O)CCN1C(C2=CCCCC2)=C(N)C=CC1C1CCNCC1. The normalized spacial score (nSPS) is 26.0. The van der Waals surface area contributed by atoms with Gasteiger partial charge in [0.2, 0.25) is 0 Å². The second-order valence-electron chi connectivity index (χ2n) is 7.54. The van der Waals surface area contributed by atoms with Crippen molar-refractivity contribution in [2.45, 2.75) is 44.6 Å². The maximum atomic E-state index is 11.8. The van der Waals surface area contributed by atoms with E-state index in [-0.39, 0.29) is 11.8 Å². The van der Waals surface area contributed by atoms with Crippen LogP contribution in [0.15, 0.2) is 35.2 Å². The maximum absolute atomic E-state index is 11.8. The molecule has 0 saturated carbocycles. The van der Waals surface area contributed by atoms with Gasteiger partial charge in [0.05, 0.1) is 23.2 Å². The topological polar surface area (TPSA) is 75.4 Å². The lowest BCUT2D eigenvalue weighted by atomic mass is 9.85. The summed E-state index contributed by atoms with van der Waals surface area (Å²) in [5.41, 5.74) is 9.56. The molecule has 0 spiro atoms.